The molecule has 1 aromatic heterocycles. The van der Waals surface area contributed by atoms with E-state index in [2.05, 4.69) is 10.1 Å². The van der Waals surface area contributed by atoms with Crippen LogP contribution in [0.2, 0.25) is 0 Å². The predicted molar refractivity (Wildman–Crippen MR) is 58.1 cm³/mol. The van der Waals surface area contributed by atoms with Gasteiger partial charge in [0, 0.05) is 24.8 Å². The highest BCUT2D eigenvalue weighted by Crippen LogP contribution is 2.11. The van der Waals surface area contributed by atoms with Crippen molar-refractivity contribution < 1.29 is 19.1 Å². The second-order valence-electron chi connectivity index (χ2n) is 3.56. The minimum atomic E-state index is -0.475. The molecule has 1 heterocycles. The summed E-state index contributed by atoms with van der Waals surface area (Å²) >= 11 is 0. The van der Waals surface area contributed by atoms with Crippen molar-refractivity contribution in [3.05, 3.63) is 23.7 Å². The van der Waals surface area contributed by atoms with Crippen LogP contribution in [-0.2, 0) is 11.3 Å². The van der Waals surface area contributed by atoms with Gasteiger partial charge in [0.1, 0.15) is 0 Å². The highest BCUT2D eigenvalue weighted by Gasteiger charge is 2.15. The number of esters is 1. The number of carbonyl (C=O) groups is 1. The first-order valence-corrected chi connectivity index (χ1v) is 5.18. The quantitative estimate of drug-likeness (QED) is 0.707. The van der Waals surface area contributed by atoms with E-state index in [0.29, 0.717) is 13.0 Å². The average molecular weight is 227 g/mol. The Morgan fingerprint density at radius 1 is 1.69 bits per heavy atom. The van der Waals surface area contributed by atoms with Crippen LogP contribution >= 0.6 is 0 Å². The van der Waals surface area contributed by atoms with Gasteiger partial charge in [-0.1, -0.05) is 0 Å². The van der Waals surface area contributed by atoms with Crippen LogP contribution in [0.5, 0.6) is 0 Å². The van der Waals surface area contributed by atoms with Crippen LogP contribution in [0.4, 0.5) is 0 Å². The normalized spacial score (nSPS) is 12.4. The summed E-state index contributed by atoms with van der Waals surface area (Å²) in [5.41, 5.74) is 0.761. The summed E-state index contributed by atoms with van der Waals surface area (Å²) in [6.45, 7) is 2.62. The number of nitrogens with one attached hydrogen (secondary N) is 1. The van der Waals surface area contributed by atoms with Crippen molar-refractivity contribution in [2.75, 3.05) is 13.7 Å². The SMILES string of the molecule is COC(=O)c1occc1CNC(C)CCO. The smallest absolute Gasteiger partial charge is 0.374 e. The molecule has 0 aromatic carbocycles. The summed E-state index contributed by atoms with van der Waals surface area (Å²) in [4.78, 5) is 11.3. The fourth-order valence-electron chi connectivity index (χ4n) is 1.33. The molecule has 0 aliphatic heterocycles. The lowest BCUT2D eigenvalue weighted by molar-refractivity contribution is 0.0563. The third-order valence-corrected chi connectivity index (χ3v) is 2.32. The highest BCUT2D eigenvalue weighted by atomic mass is 16.5. The van der Waals surface area contributed by atoms with Gasteiger partial charge < -0.3 is 19.6 Å². The molecule has 0 amide bonds. The topological polar surface area (TPSA) is 71.7 Å². The van der Waals surface area contributed by atoms with E-state index in [1.54, 1.807) is 6.07 Å². The number of hydrogen-bond acceptors (Lipinski definition) is 5. The maximum absolute atomic E-state index is 11.3. The maximum atomic E-state index is 11.3. The molecule has 0 aliphatic carbocycles. The molecule has 1 aromatic rings. The van der Waals surface area contributed by atoms with Crippen molar-refractivity contribution in [1.29, 1.82) is 0 Å². The molecule has 0 saturated heterocycles. The zero-order valence-electron chi connectivity index (χ0n) is 9.53. The summed E-state index contributed by atoms with van der Waals surface area (Å²) in [7, 11) is 1.32. The fourth-order valence-corrected chi connectivity index (χ4v) is 1.33. The third-order valence-electron chi connectivity index (χ3n) is 2.32. The molecule has 5 nitrogen and oxygen atoms in total. The number of ether oxygens (including phenoxy) is 1. The number of hydrogen-bond donors (Lipinski definition) is 2. The van der Waals surface area contributed by atoms with E-state index in [0.717, 1.165) is 5.56 Å². The van der Waals surface area contributed by atoms with Gasteiger partial charge in [-0.15, -0.1) is 0 Å². The molecule has 16 heavy (non-hydrogen) atoms. The van der Waals surface area contributed by atoms with Crippen LogP contribution in [0, 0.1) is 0 Å². The van der Waals surface area contributed by atoms with Crippen LogP contribution in [0.1, 0.15) is 29.5 Å². The van der Waals surface area contributed by atoms with Gasteiger partial charge in [0.05, 0.1) is 13.4 Å². The van der Waals surface area contributed by atoms with Crippen molar-refractivity contribution in [3.63, 3.8) is 0 Å². The van der Waals surface area contributed by atoms with E-state index in [9.17, 15) is 4.79 Å². The Morgan fingerprint density at radius 3 is 3.06 bits per heavy atom. The molecule has 0 bridgehead atoms. The zero-order valence-corrected chi connectivity index (χ0v) is 9.53. The van der Waals surface area contributed by atoms with Crippen molar-refractivity contribution >= 4 is 5.97 Å². The number of aliphatic hydroxyl groups is 1. The Bertz CT molecular complexity index is 334. The van der Waals surface area contributed by atoms with Gasteiger partial charge in [0.25, 0.3) is 0 Å². The predicted octanol–water partition coefficient (Wildman–Crippen LogP) is 0.927. The molecule has 90 valence electrons. The summed E-state index contributed by atoms with van der Waals surface area (Å²) in [6.07, 6.45) is 2.13. The number of aliphatic hydroxyl groups excluding tert-OH is 1. The van der Waals surface area contributed by atoms with E-state index >= 15 is 0 Å². The summed E-state index contributed by atoms with van der Waals surface area (Å²) < 4.78 is 9.63. The molecule has 2 N–H and O–H groups in total. The zero-order chi connectivity index (χ0) is 12.0. The number of methoxy groups -OCH3 is 1. The van der Waals surface area contributed by atoms with Crippen LogP contribution in [0.3, 0.4) is 0 Å². The van der Waals surface area contributed by atoms with Crippen molar-refractivity contribution in [1.82, 2.24) is 5.32 Å². The Morgan fingerprint density at radius 2 is 2.44 bits per heavy atom. The molecule has 0 aliphatic rings. The van der Waals surface area contributed by atoms with Crippen molar-refractivity contribution in [2.45, 2.75) is 25.9 Å². The molecule has 5 heteroatoms. The van der Waals surface area contributed by atoms with E-state index in [1.165, 1.54) is 13.4 Å². The van der Waals surface area contributed by atoms with Gasteiger partial charge in [0.15, 0.2) is 0 Å². The Balaban J connectivity index is 2.54. The molecule has 0 fully saturated rings. The molecule has 0 radical (unpaired) electrons. The molecule has 0 saturated carbocycles. The van der Waals surface area contributed by atoms with E-state index in [-0.39, 0.29) is 18.4 Å². The summed E-state index contributed by atoms with van der Waals surface area (Å²) in [5, 5.41) is 11.9. The van der Waals surface area contributed by atoms with Crippen LogP contribution in [0.25, 0.3) is 0 Å². The van der Waals surface area contributed by atoms with Gasteiger partial charge >= 0.3 is 5.97 Å². The van der Waals surface area contributed by atoms with E-state index in [1.807, 2.05) is 6.92 Å². The lowest BCUT2D eigenvalue weighted by Crippen LogP contribution is -2.26. The lowest BCUT2D eigenvalue weighted by Gasteiger charge is -2.11. The molecule has 1 rings (SSSR count). The van der Waals surface area contributed by atoms with Crippen molar-refractivity contribution in [2.24, 2.45) is 0 Å². The van der Waals surface area contributed by atoms with Crippen LogP contribution in [0.15, 0.2) is 16.7 Å². The van der Waals surface area contributed by atoms with Gasteiger partial charge in [-0.3, -0.25) is 0 Å². The van der Waals surface area contributed by atoms with Gasteiger partial charge in [-0.05, 0) is 19.4 Å². The number of rotatable bonds is 6. The third kappa shape index (κ3) is 3.36. The van der Waals surface area contributed by atoms with Gasteiger partial charge in [-0.2, -0.15) is 0 Å². The molecule has 1 unspecified atom stereocenters. The van der Waals surface area contributed by atoms with Crippen LogP contribution in [-0.4, -0.2) is 30.8 Å². The van der Waals surface area contributed by atoms with Crippen molar-refractivity contribution in [3.8, 4) is 0 Å². The molecule has 0 spiro atoms. The average Bonchev–Trinajstić information content (AvgIpc) is 2.74. The number of carbonyl (C=O) groups excluding carboxylic acids is 1. The summed E-state index contributed by atoms with van der Waals surface area (Å²) in [6, 6.07) is 1.91. The van der Waals surface area contributed by atoms with Gasteiger partial charge in [-0.25, -0.2) is 4.79 Å². The first kappa shape index (κ1) is 12.7. The van der Waals surface area contributed by atoms with Gasteiger partial charge in [0.2, 0.25) is 5.76 Å². The molecule has 1 atom stereocenters. The fraction of sp³-hybridized carbons (Fsp3) is 0.545. The summed E-state index contributed by atoms with van der Waals surface area (Å²) in [5.74, 6) is -0.247. The first-order chi connectivity index (χ1) is 7.69. The minimum absolute atomic E-state index is 0.142. The maximum Gasteiger partial charge on any atom is 0.374 e. The number of furan rings is 1. The van der Waals surface area contributed by atoms with E-state index in [4.69, 9.17) is 9.52 Å². The standard InChI is InChI=1S/C11H17NO4/c1-8(3-5-13)12-7-9-4-6-16-10(9)11(14)15-2/h4,6,8,12-13H,3,5,7H2,1-2H3. The second kappa shape index (κ2) is 6.30. The minimum Gasteiger partial charge on any atom is -0.463 e. The highest BCUT2D eigenvalue weighted by molar-refractivity contribution is 5.87. The van der Waals surface area contributed by atoms with Crippen LogP contribution < -0.4 is 5.32 Å². The monoisotopic (exact) mass is 227 g/mol. The molecular formula is C11H17NO4. The Hall–Kier alpha value is -1.33. The largest absolute Gasteiger partial charge is 0.463 e. The van der Waals surface area contributed by atoms with E-state index < -0.39 is 5.97 Å². The Kier molecular flexibility index (Phi) is 5.01. The lowest BCUT2D eigenvalue weighted by atomic mass is 10.2. The second-order valence-corrected chi connectivity index (χ2v) is 3.56. The Labute approximate surface area is 94.4 Å². The molecular weight excluding hydrogens is 210 g/mol. The first-order valence-electron chi connectivity index (χ1n) is 5.18.